The van der Waals surface area contributed by atoms with E-state index in [4.69, 9.17) is 14.2 Å². The minimum absolute atomic E-state index is 0.0597. The summed E-state index contributed by atoms with van der Waals surface area (Å²) >= 11 is 0. The van der Waals surface area contributed by atoms with E-state index in [0.717, 1.165) is 19.3 Å². The topological polar surface area (TPSA) is 65.0 Å². The van der Waals surface area contributed by atoms with Crippen molar-refractivity contribution in [3.8, 4) is 0 Å². The molecule has 3 saturated carbocycles. The number of esters is 1. The first-order chi connectivity index (χ1) is 10.4. The highest BCUT2D eigenvalue weighted by molar-refractivity contribution is 5.82. The number of cyclic esters (lactones) is 1. The second kappa shape index (κ2) is 3.70. The lowest BCUT2D eigenvalue weighted by molar-refractivity contribution is -0.277. The van der Waals surface area contributed by atoms with E-state index < -0.39 is 22.8 Å². The largest absolute Gasteiger partial charge is 0.463 e. The number of carbonyl (C=O) groups excluding carboxylic acids is 1. The van der Waals surface area contributed by atoms with Crippen LogP contribution in [-0.4, -0.2) is 42.3 Å². The molecule has 2 heterocycles. The van der Waals surface area contributed by atoms with Gasteiger partial charge in [0.1, 0.15) is 6.61 Å². The van der Waals surface area contributed by atoms with Crippen molar-refractivity contribution in [1.82, 2.24) is 0 Å². The van der Waals surface area contributed by atoms with Gasteiger partial charge >= 0.3 is 5.97 Å². The summed E-state index contributed by atoms with van der Waals surface area (Å²) in [6, 6.07) is 0. The van der Waals surface area contributed by atoms with Gasteiger partial charge in [0, 0.05) is 11.8 Å². The van der Waals surface area contributed by atoms with Crippen molar-refractivity contribution >= 4 is 5.97 Å². The van der Waals surface area contributed by atoms with Crippen LogP contribution in [0.4, 0.5) is 0 Å². The summed E-state index contributed by atoms with van der Waals surface area (Å²) < 4.78 is 17.6. The highest BCUT2D eigenvalue weighted by Gasteiger charge is 2.84. The van der Waals surface area contributed by atoms with Crippen molar-refractivity contribution in [2.45, 2.75) is 50.9 Å². The van der Waals surface area contributed by atoms with Crippen LogP contribution in [0.15, 0.2) is 0 Å². The highest BCUT2D eigenvalue weighted by atomic mass is 16.7. The smallest absolute Gasteiger partial charge is 0.338 e. The minimum Gasteiger partial charge on any atom is -0.463 e. The van der Waals surface area contributed by atoms with Gasteiger partial charge in [-0.1, -0.05) is 13.8 Å². The third-order valence-electron chi connectivity index (χ3n) is 7.69. The molecule has 0 aromatic heterocycles. The predicted octanol–water partition coefficient (Wildman–Crippen LogP) is 1.48. The maximum Gasteiger partial charge on any atom is 0.338 e. The van der Waals surface area contributed by atoms with E-state index in [1.807, 2.05) is 0 Å². The van der Waals surface area contributed by atoms with Crippen LogP contribution < -0.4 is 0 Å². The van der Waals surface area contributed by atoms with Crippen molar-refractivity contribution < 1.29 is 24.1 Å². The molecule has 5 aliphatic rings. The zero-order chi connectivity index (χ0) is 15.4. The lowest BCUT2D eigenvalue weighted by Gasteiger charge is -2.59. The highest BCUT2D eigenvalue weighted by Crippen LogP contribution is 2.79. The van der Waals surface area contributed by atoms with Gasteiger partial charge in [-0.3, -0.25) is 0 Å². The van der Waals surface area contributed by atoms with Crippen LogP contribution in [0.2, 0.25) is 0 Å². The van der Waals surface area contributed by atoms with Crippen LogP contribution >= 0.6 is 0 Å². The lowest BCUT2D eigenvalue weighted by Crippen LogP contribution is -2.69. The quantitative estimate of drug-likeness (QED) is 0.687. The van der Waals surface area contributed by atoms with Gasteiger partial charge < -0.3 is 19.3 Å². The number of hydrogen-bond donors (Lipinski definition) is 1. The first-order valence-corrected chi connectivity index (χ1v) is 8.55. The Labute approximate surface area is 130 Å². The van der Waals surface area contributed by atoms with E-state index in [1.54, 1.807) is 0 Å². The van der Waals surface area contributed by atoms with Gasteiger partial charge in [-0.2, -0.15) is 0 Å². The average Bonchev–Trinajstić information content (AvgIpc) is 3.07. The maximum atomic E-state index is 12.6. The van der Waals surface area contributed by atoms with Crippen LogP contribution in [0.5, 0.6) is 0 Å². The Morgan fingerprint density at radius 2 is 1.91 bits per heavy atom. The molecule has 0 radical (unpaired) electrons. The Morgan fingerprint density at radius 3 is 2.64 bits per heavy atom. The monoisotopic (exact) mass is 308 g/mol. The van der Waals surface area contributed by atoms with Crippen LogP contribution in [-0.2, 0) is 19.0 Å². The number of fused-ring (bicyclic) bond motifs is 1. The molecule has 5 rings (SSSR count). The first kappa shape index (κ1) is 13.8. The van der Waals surface area contributed by atoms with Crippen molar-refractivity contribution in [2.24, 2.45) is 28.6 Å². The Morgan fingerprint density at radius 1 is 1.18 bits per heavy atom. The van der Waals surface area contributed by atoms with Crippen molar-refractivity contribution in [1.29, 1.82) is 0 Å². The average molecular weight is 308 g/mol. The number of aliphatic hydroxyl groups is 1. The van der Waals surface area contributed by atoms with Crippen LogP contribution in [0.25, 0.3) is 0 Å². The molecule has 2 saturated heterocycles. The molecule has 3 aliphatic carbocycles. The normalized spacial score (nSPS) is 53.6. The number of rotatable bonds is 0. The third-order valence-corrected chi connectivity index (χ3v) is 7.69. The fraction of sp³-hybridized carbons (Fsp3) is 0.941. The molecule has 0 aromatic carbocycles. The molecular weight excluding hydrogens is 284 g/mol. The second-order valence-electron chi connectivity index (χ2n) is 8.59. The van der Waals surface area contributed by atoms with Gasteiger partial charge in [-0.25, -0.2) is 4.79 Å². The van der Waals surface area contributed by atoms with Crippen molar-refractivity contribution in [2.75, 3.05) is 19.8 Å². The summed E-state index contributed by atoms with van der Waals surface area (Å²) in [5.41, 5.74) is -1.96. The Balaban J connectivity index is 1.77. The first-order valence-electron chi connectivity index (χ1n) is 8.55. The standard InChI is InChI=1S/C17H24O5/c1-14(2)7-10-3-4-15(19)13(18)20-9-12-16(21-5-6-22-16)8-11(10)17(12,14)15/h10-12,19H,3-9H2,1-2H3. The zero-order valence-electron chi connectivity index (χ0n) is 13.3. The van der Waals surface area contributed by atoms with E-state index in [0.29, 0.717) is 32.2 Å². The van der Waals surface area contributed by atoms with Crippen molar-refractivity contribution in [3.63, 3.8) is 0 Å². The molecule has 122 valence electrons. The lowest BCUT2D eigenvalue weighted by atomic mass is 9.49. The molecule has 0 aromatic rings. The van der Waals surface area contributed by atoms with Gasteiger partial charge in [0.25, 0.3) is 0 Å². The van der Waals surface area contributed by atoms with Gasteiger partial charge in [0.05, 0.1) is 19.1 Å². The number of ether oxygens (including phenoxy) is 3. The fourth-order valence-electron chi connectivity index (χ4n) is 7.35. The maximum absolute atomic E-state index is 12.6. The van der Waals surface area contributed by atoms with E-state index in [9.17, 15) is 9.90 Å². The fourth-order valence-corrected chi connectivity index (χ4v) is 7.35. The molecule has 5 fully saturated rings. The number of hydrogen-bond acceptors (Lipinski definition) is 5. The summed E-state index contributed by atoms with van der Waals surface area (Å²) in [7, 11) is 0. The van der Waals surface area contributed by atoms with Gasteiger partial charge in [0.2, 0.25) is 0 Å². The Kier molecular flexibility index (Phi) is 2.32. The summed E-state index contributed by atoms with van der Waals surface area (Å²) in [6.45, 7) is 5.94. The number of carbonyl (C=O) groups is 1. The Bertz CT molecular complexity index is 551. The van der Waals surface area contributed by atoms with E-state index >= 15 is 0 Å². The molecule has 5 nitrogen and oxygen atoms in total. The molecule has 22 heavy (non-hydrogen) atoms. The molecule has 5 heteroatoms. The third kappa shape index (κ3) is 1.15. The van der Waals surface area contributed by atoms with Gasteiger partial charge in [0.15, 0.2) is 11.4 Å². The van der Waals surface area contributed by atoms with Crippen LogP contribution in [0.1, 0.15) is 39.5 Å². The van der Waals surface area contributed by atoms with Gasteiger partial charge in [-0.15, -0.1) is 0 Å². The van der Waals surface area contributed by atoms with E-state index in [1.165, 1.54) is 0 Å². The van der Waals surface area contributed by atoms with Gasteiger partial charge in [-0.05, 0) is 36.5 Å². The molecular formula is C17H24O5. The summed E-state index contributed by atoms with van der Waals surface area (Å²) in [6.07, 6.45) is 3.28. The van der Waals surface area contributed by atoms with E-state index in [-0.39, 0.29) is 17.3 Å². The molecule has 2 bridgehead atoms. The summed E-state index contributed by atoms with van der Waals surface area (Å²) in [5.74, 6) is -0.291. The molecule has 1 N–H and O–H groups in total. The van der Waals surface area contributed by atoms with Crippen LogP contribution in [0, 0.1) is 28.6 Å². The predicted molar refractivity (Wildman–Crippen MR) is 75.7 cm³/mol. The van der Waals surface area contributed by atoms with Crippen molar-refractivity contribution in [3.05, 3.63) is 0 Å². The summed E-state index contributed by atoms with van der Waals surface area (Å²) in [4.78, 5) is 12.6. The van der Waals surface area contributed by atoms with Crippen LogP contribution in [0.3, 0.4) is 0 Å². The second-order valence-corrected chi connectivity index (χ2v) is 8.59. The molecule has 5 unspecified atom stereocenters. The zero-order valence-corrected chi connectivity index (χ0v) is 13.3. The minimum atomic E-state index is -1.38. The van der Waals surface area contributed by atoms with E-state index in [2.05, 4.69) is 13.8 Å². The summed E-state index contributed by atoms with van der Waals surface area (Å²) in [5, 5.41) is 11.5. The molecule has 5 atom stereocenters. The molecule has 0 amide bonds. The Hall–Kier alpha value is -0.650. The SMILES string of the molecule is CC1(C)CC2CCC3(O)C(=O)OCC4C5(CC2C413)OCCO5. The molecule has 2 aliphatic heterocycles. The molecule has 2 spiro atoms.